The molecule has 1 aromatic carbocycles. The van der Waals surface area contributed by atoms with Crippen LogP contribution in [0.15, 0.2) is 41.0 Å². The first-order valence-corrected chi connectivity index (χ1v) is 7.87. The summed E-state index contributed by atoms with van der Waals surface area (Å²) >= 11 is 2.28. The number of rotatable bonds is 7. The number of benzene rings is 1. The number of halogens is 1. The molecule has 1 heterocycles. The van der Waals surface area contributed by atoms with Gasteiger partial charge in [-0.2, -0.15) is 0 Å². The molecule has 0 saturated heterocycles. The highest BCUT2D eigenvalue weighted by Gasteiger charge is 2.07. The summed E-state index contributed by atoms with van der Waals surface area (Å²) < 4.78 is 12.4. The highest BCUT2D eigenvalue weighted by molar-refractivity contribution is 14.1. The van der Waals surface area contributed by atoms with Crippen molar-refractivity contribution in [3.05, 3.63) is 51.5 Å². The lowest BCUT2D eigenvalue weighted by molar-refractivity contribution is 0.268. The zero-order valence-electron chi connectivity index (χ0n) is 11.9. The molecule has 0 spiro atoms. The molecule has 0 saturated carbocycles. The smallest absolute Gasteiger partial charge is 0.146 e. The molecule has 0 aliphatic carbocycles. The Hall–Kier alpha value is -1.01. The lowest BCUT2D eigenvalue weighted by atomic mass is 10.2. The molecule has 0 aliphatic rings. The van der Waals surface area contributed by atoms with Crippen molar-refractivity contribution in [2.75, 3.05) is 6.54 Å². The second kappa shape index (κ2) is 7.69. The molecule has 0 aliphatic heterocycles. The van der Waals surface area contributed by atoms with Crippen LogP contribution >= 0.6 is 22.6 Å². The van der Waals surface area contributed by atoms with Gasteiger partial charge < -0.3 is 14.5 Å². The zero-order chi connectivity index (χ0) is 14.4. The van der Waals surface area contributed by atoms with Crippen molar-refractivity contribution in [3.63, 3.8) is 0 Å². The standard InChI is InChI=1S/C16H20INO2/c1-12(2)9-18-10-13-6-7-19-16(13)11-20-15-5-3-4-14(17)8-15/h3-8,12,18H,9-11H2,1-2H3. The summed E-state index contributed by atoms with van der Waals surface area (Å²) in [5.74, 6) is 2.41. The summed E-state index contributed by atoms with van der Waals surface area (Å²) in [6.07, 6.45) is 1.72. The molecule has 3 nitrogen and oxygen atoms in total. The molecule has 2 rings (SSSR count). The van der Waals surface area contributed by atoms with Gasteiger partial charge in [0, 0.05) is 15.7 Å². The van der Waals surface area contributed by atoms with Crippen LogP contribution < -0.4 is 10.1 Å². The number of hydrogen-bond acceptors (Lipinski definition) is 3. The van der Waals surface area contributed by atoms with Crippen LogP contribution in [0.3, 0.4) is 0 Å². The van der Waals surface area contributed by atoms with Gasteiger partial charge in [-0.3, -0.25) is 0 Å². The largest absolute Gasteiger partial charge is 0.486 e. The van der Waals surface area contributed by atoms with Crippen LogP contribution in [0.25, 0.3) is 0 Å². The molecule has 2 aromatic rings. The molecule has 0 unspecified atom stereocenters. The van der Waals surface area contributed by atoms with Gasteiger partial charge in [0.2, 0.25) is 0 Å². The average molecular weight is 385 g/mol. The zero-order valence-corrected chi connectivity index (χ0v) is 14.0. The highest BCUT2D eigenvalue weighted by atomic mass is 127. The Morgan fingerprint density at radius 3 is 2.90 bits per heavy atom. The number of nitrogens with one attached hydrogen (secondary N) is 1. The maximum atomic E-state index is 5.77. The van der Waals surface area contributed by atoms with Gasteiger partial charge in [0.25, 0.3) is 0 Å². The van der Waals surface area contributed by atoms with E-state index in [0.717, 1.165) is 30.2 Å². The van der Waals surface area contributed by atoms with Crippen molar-refractivity contribution in [2.45, 2.75) is 27.0 Å². The van der Waals surface area contributed by atoms with Gasteiger partial charge in [-0.05, 0) is 59.3 Å². The quantitative estimate of drug-likeness (QED) is 0.726. The van der Waals surface area contributed by atoms with E-state index in [1.54, 1.807) is 6.26 Å². The fourth-order valence-corrected chi connectivity index (χ4v) is 2.37. The monoisotopic (exact) mass is 385 g/mol. The van der Waals surface area contributed by atoms with Gasteiger partial charge in [-0.1, -0.05) is 19.9 Å². The van der Waals surface area contributed by atoms with Crippen LogP contribution in [0.2, 0.25) is 0 Å². The third-order valence-corrected chi connectivity index (χ3v) is 3.54. The predicted molar refractivity (Wildman–Crippen MR) is 88.7 cm³/mol. The lowest BCUT2D eigenvalue weighted by Gasteiger charge is -2.09. The average Bonchev–Trinajstić information content (AvgIpc) is 2.84. The van der Waals surface area contributed by atoms with E-state index in [1.165, 1.54) is 3.57 Å². The van der Waals surface area contributed by atoms with Gasteiger partial charge >= 0.3 is 0 Å². The van der Waals surface area contributed by atoms with E-state index < -0.39 is 0 Å². The molecule has 0 fully saturated rings. The molecular weight excluding hydrogens is 365 g/mol. The van der Waals surface area contributed by atoms with Crippen molar-refractivity contribution >= 4 is 22.6 Å². The van der Waals surface area contributed by atoms with E-state index in [1.807, 2.05) is 30.3 Å². The van der Waals surface area contributed by atoms with Crippen LogP contribution in [0.1, 0.15) is 25.2 Å². The molecule has 4 heteroatoms. The molecule has 20 heavy (non-hydrogen) atoms. The van der Waals surface area contributed by atoms with Gasteiger partial charge in [0.1, 0.15) is 18.1 Å². The first-order chi connectivity index (χ1) is 9.65. The van der Waals surface area contributed by atoms with Gasteiger partial charge in [-0.15, -0.1) is 0 Å². The van der Waals surface area contributed by atoms with E-state index in [2.05, 4.69) is 41.8 Å². The highest BCUT2D eigenvalue weighted by Crippen LogP contribution is 2.18. The third kappa shape index (κ3) is 4.83. The van der Waals surface area contributed by atoms with E-state index >= 15 is 0 Å². The SMILES string of the molecule is CC(C)CNCc1ccoc1COc1cccc(I)c1. The Kier molecular flexibility index (Phi) is 5.91. The molecule has 1 N–H and O–H groups in total. The summed E-state index contributed by atoms with van der Waals surface area (Å²) in [4.78, 5) is 0. The Morgan fingerprint density at radius 1 is 1.30 bits per heavy atom. The number of ether oxygens (including phenoxy) is 1. The van der Waals surface area contributed by atoms with Crippen molar-refractivity contribution in [1.82, 2.24) is 5.32 Å². The fourth-order valence-electron chi connectivity index (χ4n) is 1.85. The summed E-state index contributed by atoms with van der Waals surface area (Å²) in [6, 6.07) is 10.0. The normalized spacial score (nSPS) is 11.0. The van der Waals surface area contributed by atoms with Crippen LogP contribution in [-0.4, -0.2) is 6.54 Å². The summed E-state index contributed by atoms with van der Waals surface area (Å²) in [5.41, 5.74) is 1.16. The van der Waals surface area contributed by atoms with Crippen LogP contribution in [-0.2, 0) is 13.2 Å². The first kappa shape index (κ1) is 15.4. The minimum absolute atomic E-state index is 0.464. The summed E-state index contributed by atoms with van der Waals surface area (Å²) in [5, 5.41) is 3.42. The predicted octanol–water partition coefficient (Wildman–Crippen LogP) is 4.21. The first-order valence-electron chi connectivity index (χ1n) is 6.79. The van der Waals surface area contributed by atoms with Crippen molar-refractivity contribution in [2.24, 2.45) is 5.92 Å². The Morgan fingerprint density at radius 2 is 2.15 bits per heavy atom. The molecule has 0 bridgehead atoms. The Bertz CT molecular complexity index is 537. The number of furan rings is 1. The lowest BCUT2D eigenvalue weighted by Crippen LogP contribution is -2.19. The van der Waals surface area contributed by atoms with Crippen LogP contribution in [0.4, 0.5) is 0 Å². The topological polar surface area (TPSA) is 34.4 Å². The fraction of sp³-hybridized carbons (Fsp3) is 0.375. The summed E-state index contributed by atoms with van der Waals surface area (Å²) in [7, 11) is 0. The Labute approximate surface area is 133 Å². The molecule has 0 amide bonds. The molecule has 0 atom stereocenters. The summed E-state index contributed by atoms with van der Waals surface area (Å²) in [6.45, 7) is 6.68. The molecule has 1 aromatic heterocycles. The van der Waals surface area contributed by atoms with Crippen molar-refractivity contribution < 1.29 is 9.15 Å². The molecule has 108 valence electrons. The van der Waals surface area contributed by atoms with Gasteiger partial charge in [-0.25, -0.2) is 0 Å². The minimum atomic E-state index is 0.464. The van der Waals surface area contributed by atoms with E-state index in [0.29, 0.717) is 12.5 Å². The van der Waals surface area contributed by atoms with Crippen molar-refractivity contribution in [1.29, 1.82) is 0 Å². The van der Waals surface area contributed by atoms with Crippen molar-refractivity contribution in [3.8, 4) is 5.75 Å². The van der Waals surface area contributed by atoms with E-state index in [4.69, 9.17) is 9.15 Å². The maximum Gasteiger partial charge on any atom is 0.146 e. The second-order valence-corrected chi connectivity index (χ2v) is 6.39. The maximum absolute atomic E-state index is 5.77. The third-order valence-electron chi connectivity index (χ3n) is 2.87. The van der Waals surface area contributed by atoms with E-state index in [-0.39, 0.29) is 0 Å². The molecule has 0 radical (unpaired) electrons. The van der Waals surface area contributed by atoms with Gasteiger partial charge in [0.05, 0.1) is 6.26 Å². The Balaban J connectivity index is 1.88. The van der Waals surface area contributed by atoms with E-state index in [9.17, 15) is 0 Å². The van der Waals surface area contributed by atoms with Crippen LogP contribution in [0.5, 0.6) is 5.75 Å². The second-order valence-electron chi connectivity index (χ2n) is 5.14. The van der Waals surface area contributed by atoms with Gasteiger partial charge in [0.15, 0.2) is 0 Å². The minimum Gasteiger partial charge on any atom is -0.486 e. The van der Waals surface area contributed by atoms with Crippen LogP contribution in [0, 0.1) is 9.49 Å². The molecular formula is C16H20INO2. The number of hydrogen-bond donors (Lipinski definition) is 1.